The molecule has 5 aromatic rings. The van der Waals surface area contributed by atoms with Crippen molar-refractivity contribution >= 4 is 50.0 Å². The molecule has 0 aliphatic carbocycles. The summed E-state index contributed by atoms with van der Waals surface area (Å²) in [6, 6.07) is 16.4. The molecule has 7 nitrogen and oxygen atoms in total. The number of hydrogen-bond donors (Lipinski definition) is 0. The zero-order chi connectivity index (χ0) is 22.4. The number of ether oxygens (including phenoxy) is 2. The van der Waals surface area contributed by atoms with Crippen LogP contribution in [0.15, 0.2) is 64.2 Å². The number of thiazole rings is 1. The van der Waals surface area contributed by atoms with Gasteiger partial charge in [-0.25, -0.2) is 9.38 Å². The van der Waals surface area contributed by atoms with E-state index in [-0.39, 0.29) is 10.3 Å². The number of carbonyl (C=O) groups is 1. The second-order valence-electron chi connectivity index (χ2n) is 7.14. The third-order valence-electron chi connectivity index (χ3n) is 5.08. The average molecular weight is 444 g/mol. The number of para-hydroxylation sites is 1. The Labute approximate surface area is 184 Å². The minimum atomic E-state index is -0.515. The fourth-order valence-corrected chi connectivity index (χ4v) is 4.61. The van der Waals surface area contributed by atoms with Gasteiger partial charge in [0.2, 0.25) is 4.96 Å². The molecule has 2 aromatic heterocycles. The number of carbonyl (C=O) groups excluding carboxylic acids is 1. The number of esters is 1. The molecule has 0 amide bonds. The van der Waals surface area contributed by atoms with E-state index in [0.29, 0.717) is 27.2 Å². The monoisotopic (exact) mass is 444 g/mol. The molecular weight excluding hydrogens is 428 g/mol. The van der Waals surface area contributed by atoms with Crippen LogP contribution in [-0.2, 0) is 4.79 Å². The van der Waals surface area contributed by atoms with Gasteiger partial charge in [-0.2, -0.15) is 0 Å². The SMILES string of the molecule is COc1cccc(/C=c2\sc3nc4cc5ccccc5cc4c(=O)n3c2=O)c1OC(C)=O. The van der Waals surface area contributed by atoms with Crippen LogP contribution in [0.4, 0.5) is 0 Å². The maximum atomic E-state index is 13.2. The highest BCUT2D eigenvalue weighted by Crippen LogP contribution is 2.31. The second-order valence-corrected chi connectivity index (χ2v) is 8.15. The van der Waals surface area contributed by atoms with Crippen LogP contribution in [0.5, 0.6) is 11.5 Å². The van der Waals surface area contributed by atoms with Gasteiger partial charge in [0.05, 0.1) is 22.5 Å². The standard InChI is InChI=1S/C24H16N2O5S/c1-13(27)31-21-16(8-5-9-19(21)30-2)12-20-23(29)26-22(28)17-10-14-6-3-4-7-15(14)11-18(17)25-24(26)32-20/h3-12H,1-2H3/b20-12-. The smallest absolute Gasteiger partial charge is 0.308 e. The summed E-state index contributed by atoms with van der Waals surface area (Å²) >= 11 is 1.10. The van der Waals surface area contributed by atoms with Crippen molar-refractivity contribution in [2.24, 2.45) is 0 Å². The molecule has 0 fully saturated rings. The summed E-state index contributed by atoms with van der Waals surface area (Å²) in [5.74, 6) is 0.0466. The number of aromatic nitrogens is 2. The molecule has 8 heteroatoms. The first kappa shape index (κ1) is 19.9. The van der Waals surface area contributed by atoms with E-state index in [0.717, 1.165) is 26.5 Å². The average Bonchev–Trinajstić information content (AvgIpc) is 3.08. The molecule has 3 aromatic carbocycles. The normalized spacial score (nSPS) is 12.0. The van der Waals surface area contributed by atoms with Crippen LogP contribution in [0, 0.1) is 0 Å². The minimum Gasteiger partial charge on any atom is -0.493 e. The summed E-state index contributed by atoms with van der Waals surface area (Å²) in [6.45, 7) is 1.29. The highest BCUT2D eigenvalue weighted by Gasteiger charge is 2.15. The van der Waals surface area contributed by atoms with Crippen LogP contribution in [0.3, 0.4) is 0 Å². The summed E-state index contributed by atoms with van der Waals surface area (Å²) in [4.78, 5) is 42.7. The molecule has 0 saturated carbocycles. The summed E-state index contributed by atoms with van der Waals surface area (Å²) in [7, 11) is 1.46. The second kappa shape index (κ2) is 7.58. The third kappa shape index (κ3) is 3.21. The molecule has 158 valence electrons. The molecule has 0 spiro atoms. The highest BCUT2D eigenvalue weighted by molar-refractivity contribution is 7.15. The summed E-state index contributed by atoms with van der Waals surface area (Å²) < 4.78 is 12.0. The first-order chi connectivity index (χ1) is 15.5. The van der Waals surface area contributed by atoms with Gasteiger partial charge in [0.25, 0.3) is 11.1 Å². The zero-order valence-corrected chi connectivity index (χ0v) is 17.9. The first-order valence-electron chi connectivity index (χ1n) is 9.71. The molecule has 0 saturated heterocycles. The molecule has 0 aliphatic rings. The van der Waals surface area contributed by atoms with E-state index in [1.165, 1.54) is 14.0 Å². The van der Waals surface area contributed by atoms with Gasteiger partial charge in [-0.15, -0.1) is 0 Å². The number of nitrogens with zero attached hydrogens (tertiary/aromatic N) is 2. The van der Waals surface area contributed by atoms with Crippen LogP contribution in [0.1, 0.15) is 12.5 Å². The van der Waals surface area contributed by atoms with E-state index in [1.54, 1.807) is 30.3 Å². The van der Waals surface area contributed by atoms with Crippen molar-refractivity contribution in [1.29, 1.82) is 0 Å². The van der Waals surface area contributed by atoms with Gasteiger partial charge in [-0.1, -0.05) is 47.7 Å². The number of methoxy groups -OCH3 is 1. The largest absolute Gasteiger partial charge is 0.493 e. The van der Waals surface area contributed by atoms with E-state index >= 15 is 0 Å². The van der Waals surface area contributed by atoms with Crippen molar-refractivity contribution < 1.29 is 14.3 Å². The Morgan fingerprint density at radius 3 is 2.50 bits per heavy atom. The van der Waals surface area contributed by atoms with Crippen molar-refractivity contribution in [3.63, 3.8) is 0 Å². The molecule has 0 unspecified atom stereocenters. The lowest BCUT2D eigenvalue weighted by molar-refractivity contribution is -0.132. The Morgan fingerprint density at radius 1 is 1.03 bits per heavy atom. The Kier molecular flexibility index (Phi) is 4.71. The van der Waals surface area contributed by atoms with E-state index < -0.39 is 17.1 Å². The summed E-state index contributed by atoms with van der Waals surface area (Å²) in [5, 5.41) is 2.24. The van der Waals surface area contributed by atoms with Crippen LogP contribution in [0.2, 0.25) is 0 Å². The van der Waals surface area contributed by atoms with Gasteiger partial charge in [-0.05, 0) is 35.0 Å². The predicted octanol–water partition coefficient (Wildman–Crippen LogP) is 2.90. The maximum Gasteiger partial charge on any atom is 0.308 e. The quantitative estimate of drug-likeness (QED) is 0.242. The Bertz CT molecular complexity index is 1720. The van der Waals surface area contributed by atoms with Gasteiger partial charge in [0.1, 0.15) is 0 Å². The van der Waals surface area contributed by atoms with Crippen LogP contribution in [-0.4, -0.2) is 22.5 Å². The fourth-order valence-electron chi connectivity index (χ4n) is 3.64. The third-order valence-corrected chi connectivity index (χ3v) is 6.05. The van der Waals surface area contributed by atoms with Crippen LogP contribution in [0.25, 0.3) is 32.7 Å². The highest BCUT2D eigenvalue weighted by atomic mass is 32.1. The van der Waals surface area contributed by atoms with Crippen molar-refractivity contribution in [3.05, 3.63) is 85.4 Å². The number of hydrogen-bond acceptors (Lipinski definition) is 7. The molecule has 0 atom stereocenters. The van der Waals surface area contributed by atoms with Gasteiger partial charge in [0.15, 0.2) is 11.5 Å². The van der Waals surface area contributed by atoms with E-state index in [1.807, 2.05) is 30.3 Å². The lowest BCUT2D eigenvalue weighted by Gasteiger charge is -2.10. The molecule has 0 radical (unpaired) electrons. The Balaban J connectivity index is 1.80. The minimum absolute atomic E-state index is 0.205. The lowest BCUT2D eigenvalue weighted by Crippen LogP contribution is -2.31. The number of rotatable bonds is 3. The van der Waals surface area contributed by atoms with E-state index in [2.05, 4.69) is 4.98 Å². The molecule has 2 heterocycles. The van der Waals surface area contributed by atoms with Gasteiger partial charge in [0, 0.05) is 12.5 Å². The Morgan fingerprint density at radius 2 is 1.78 bits per heavy atom. The summed E-state index contributed by atoms with van der Waals surface area (Å²) in [6.07, 6.45) is 1.57. The van der Waals surface area contributed by atoms with E-state index in [9.17, 15) is 14.4 Å². The van der Waals surface area contributed by atoms with Crippen molar-refractivity contribution in [2.45, 2.75) is 6.92 Å². The van der Waals surface area contributed by atoms with Crippen LogP contribution >= 0.6 is 11.3 Å². The van der Waals surface area contributed by atoms with Gasteiger partial charge >= 0.3 is 5.97 Å². The number of benzene rings is 3. The maximum absolute atomic E-state index is 13.2. The Hall–Kier alpha value is -4.04. The molecule has 32 heavy (non-hydrogen) atoms. The molecule has 0 aliphatic heterocycles. The van der Waals surface area contributed by atoms with Crippen molar-refractivity contribution in [1.82, 2.24) is 9.38 Å². The zero-order valence-electron chi connectivity index (χ0n) is 17.1. The van der Waals surface area contributed by atoms with E-state index in [4.69, 9.17) is 9.47 Å². The van der Waals surface area contributed by atoms with Gasteiger partial charge in [-0.3, -0.25) is 14.4 Å². The fraction of sp³-hybridized carbons (Fsp3) is 0.0833. The molecular formula is C24H16N2O5S. The lowest BCUT2D eigenvalue weighted by atomic mass is 10.1. The van der Waals surface area contributed by atoms with Gasteiger partial charge < -0.3 is 9.47 Å². The topological polar surface area (TPSA) is 87.0 Å². The number of fused-ring (bicyclic) bond motifs is 3. The molecule has 5 rings (SSSR count). The van der Waals surface area contributed by atoms with Crippen molar-refractivity contribution in [2.75, 3.05) is 7.11 Å². The molecule has 0 N–H and O–H groups in total. The van der Waals surface area contributed by atoms with Crippen LogP contribution < -0.4 is 25.1 Å². The predicted molar refractivity (Wildman–Crippen MR) is 124 cm³/mol. The van der Waals surface area contributed by atoms with Crippen molar-refractivity contribution in [3.8, 4) is 11.5 Å². The first-order valence-corrected chi connectivity index (χ1v) is 10.5. The molecule has 0 bridgehead atoms. The summed E-state index contributed by atoms with van der Waals surface area (Å²) in [5.41, 5.74) is 0.117.